The highest BCUT2D eigenvalue weighted by Gasteiger charge is 2.20. The number of fused-ring (bicyclic) bond motifs is 1. The quantitative estimate of drug-likeness (QED) is 0.125. The van der Waals surface area contributed by atoms with Gasteiger partial charge in [0.15, 0.2) is 0 Å². The first kappa shape index (κ1) is 34.4. The minimum Gasteiger partial charge on any atom is -0.378 e. The molecule has 2 N–H and O–H groups in total. The van der Waals surface area contributed by atoms with Crippen LogP contribution in [0.25, 0.3) is 0 Å². The Kier molecular flexibility index (Phi) is 14.6. The van der Waals surface area contributed by atoms with E-state index in [1.165, 1.54) is 118 Å². The van der Waals surface area contributed by atoms with Gasteiger partial charge in [0, 0.05) is 11.4 Å². The average Bonchev–Trinajstić information content (AvgIpc) is 3.07. The van der Waals surface area contributed by atoms with E-state index in [-0.39, 0.29) is 5.54 Å². The number of rotatable bonds is 16. The molecule has 1 aliphatic carbocycles. The largest absolute Gasteiger partial charge is 0.378 e. The Morgan fingerprint density at radius 1 is 0.600 bits per heavy atom. The molecule has 2 heteroatoms. The van der Waals surface area contributed by atoms with Crippen LogP contribution in [0.3, 0.4) is 0 Å². The van der Waals surface area contributed by atoms with Crippen molar-refractivity contribution in [2.24, 2.45) is 0 Å². The molecule has 1 atom stereocenters. The number of nitrogens with one attached hydrogen (secondary N) is 2. The second-order valence-corrected chi connectivity index (χ2v) is 13.4. The molecule has 0 fully saturated rings. The normalized spacial score (nSPS) is 14.2. The summed E-state index contributed by atoms with van der Waals surface area (Å²) in [5.74, 6) is 0. The van der Waals surface area contributed by atoms with Crippen LogP contribution in [0, 0.1) is 0 Å². The van der Waals surface area contributed by atoms with Crippen molar-refractivity contribution in [1.82, 2.24) is 0 Å². The molecule has 0 saturated carbocycles. The van der Waals surface area contributed by atoms with E-state index in [1.807, 2.05) is 24.3 Å². The lowest BCUT2D eigenvalue weighted by Crippen LogP contribution is -2.27. The maximum atomic E-state index is 3.77. The van der Waals surface area contributed by atoms with Crippen molar-refractivity contribution in [2.75, 3.05) is 10.6 Å². The number of para-hydroxylation sites is 1. The summed E-state index contributed by atoms with van der Waals surface area (Å²) in [7, 11) is 0. The average molecular weight is 603 g/mol. The highest BCUT2D eigenvalue weighted by Crippen LogP contribution is 2.32. The van der Waals surface area contributed by atoms with Gasteiger partial charge in [0.2, 0.25) is 0 Å². The molecule has 4 aromatic carbocycles. The van der Waals surface area contributed by atoms with Crippen molar-refractivity contribution < 1.29 is 0 Å². The third-order valence-corrected chi connectivity index (χ3v) is 9.21. The number of hydrogen-bond donors (Lipinski definition) is 2. The van der Waals surface area contributed by atoms with Gasteiger partial charge in [-0.2, -0.15) is 0 Å². The van der Waals surface area contributed by atoms with E-state index in [2.05, 4.69) is 116 Å². The standard InChI is InChI=1S/C28H41N.C15H17N/c1-2-3-4-5-6-7-8-9-10-11-15-24-20-22-26(23-21-24)29-28-19-14-17-25-16-12-13-18-27(25)28;1-15(2,13-9-5-3-6-10-13)16-14-11-7-4-8-12-14/h12-13,16,18,20-23,28-29H,2-11,14-15,17,19H2,1H3;3-12,16H,1-2H3. The summed E-state index contributed by atoms with van der Waals surface area (Å²) in [4.78, 5) is 0. The Balaban J connectivity index is 0.000000242. The molecule has 4 aromatic rings. The van der Waals surface area contributed by atoms with Crippen molar-refractivity contribution in [3.05, 3.63) is 131 Å². The van der Waals surface area contributed by atoms with Crippen LogP contribution in [0.2, 0.25) is 0 Å². The lowest BCUT2D eigenvalue weighted by molar-refractivity contribution is 0.556. The molecule has 0 aliphatic heterocycles. The number of unbranched alkanes of at least 4 members (excludes halogenated alkanes) is 9. The predicted octanol–water partition coefficient (Wildman–Crippen LogP) is 12.7. The van der Waals surface area contributed by atoms with E-state index in [9.17, 15) is 0 Å². The fourth-order valence-corrected chi connectivity index (χ4v) is 6.50. The Bertz CT molecular complexity index is 1330. The SMILES string of the molecule is CC(C)(Nc1ccccc1)c1ccccc1.CCCCCCCCCCCCc1ccc(NC2CCCc3ccccc32)cc1. The van der Waals surface area contributed by atoms with Crippen LogP contribution < -0.4 is 10.6 Å². The molecule has 5 rings (SSSR count). The van der Waals surface area contributed by atoms with Gasteiger partial charge in [-0.15, -0.1) is 0 Å². The summed E-state index contributed by atoms with van der Waals surface area (Å²) in [5, 5.41) is 7.31. The summed E-state index contributed by atoms with van der Waals surface area (Å²) in [6, 6.07) is 39.4. The van der Waals surface area contributed by atoms with Gasteiger partial charge >= 0.3 is 0 Å². The molecule has 0 spiro atoms. The van der Waals surface area contributed by atoms with Gasteiger partial charge in [0.1, 0.15) is 0 Å². The first-order valence-electron chi connectivity index (χ1n) is 17.9. The second kappa shape index (κ2) is 19.1. The van der Waals surface area contributed by atoms with Gasteiger partial charge in [0.25, 0.3) is 0 Å². The molecule has 240 valence electrons. The van der Waals surface area contributed by atoms with Gasteiger partial charge in [-0.3, -0.25) is 0 Å². The monoisotopic (exact) mass is 602 g/mol. The summed E-state index contributed by atoms with van der Waals surface area (Å²) < 4.78 is 0. The first-order chi connectivity index (χ1) is 22.0. The summed E-state index contributed by atoms with van der Waals surface area (Å²) in [6.45, 7) is 6.67. The molecule has 1 aliphatic rings. The number of anilines is 2. The molecule has 2 nitrogen and oxygen atoms in total. The van der Waals surface area contributed by atoms with Crippen molar-refractivity contribution in [3.63, 3.8) is 0 Å². The Hall–Kier alpha value is -3.52. The third kappa shape index (κ3) is 12.1. The van der Waals surface area contributed by atoms with Gasteiger partial charge in [0.05, 0.1) is 11.6 Å². The van der Waals surface area contributed by atoms with Crippen molar-refractivity contribution >= 4 is 11.4 Å². The molecule has 1 unspecified atom stereocenters. The highest BCUT2D eigenvalue weighted by atomic mass is 15.0. The fraction of sp³-hybridized carbons (Fsp3) is 0.442. The topological polar surface area (TPSA) is 24.1 Å². The molecular formula is C43H58N2. The Labute approximate surface area is 275 Å². The van der Waals surface area contributed by atoms with Crippen LogP contribution in [-0.4, -0.2) is 0 Å². The zero-order chi connectivity index (χ0) is 31.6. The highest BCUT2D eigenvalue weighted by molar-refractivity contribution is 5.49. The Morgan fingerprint density at radius 3 is 1.84 bits per heavy atom. The van der Waals surface area contributed by atoms with Crippen LogP contribution in [0.1, 0.15) is 126 Å². The molecule has 0 radical (unpaired) electrons. The minimum atomic E-state index is -0.0530. The molecule has 0 aromatic heterocycles. The van der Waals surface area contributed by atoms with E-state index in [0.29, 0.717) is 6.04 Å². The van der Waals surface area contributed by atoms with E-state index in [1.54, 1.807) is 0 Å². The summed E-state index contributed by atoms with van der Waals surface area (Å²) in [5.41, 5.74) is 8.15. The van der Waals surface area contributed by atoms with Crippen molar-refractivity contribution in [1.29, 1.82) is 0 Å². The molecule has 0 amide bonds. The molecular weight excluding hydrogens is 544 g/mol. The summed E-state index contributed by atoms with van der Waals surface area (Å²) >= 11 is 0. The Morgan fingerprint density at radius 2 is 1.18 bits per heavy atom. The van der Waals surface area contributed by atoms with Crippen molar-refractivity contribution in [3.8, 4) is 0 Å². The first-order valence-corrected chi connectivity index (χ1v) is 17.9. The van der Waals surface area contributed by atoms with E-state index < -0.39 is 0 Å². The lowest BCUT2D eigenvalue weighted by Gasteiger charge is -2.28. The lowest BCUT2D eigenvalue weighted by atomic mass is 9.87. The van der Waals surface area contributed by atoms with Crippen LogP contribution in [-0.2, 0) is 18.4 Å². The summed E-state index contributed by atoms with van der Waals surface area (Å²) in [6.07, 6.45) is 19.1. The minimum absolute atomic E-state index is 0.0530. The van der Waals surface area contributed by atoms with E-state index in [4.69, 9.17) is 0 Å². The predicted molar refractivity (Wildman–Crippen MR) is 197 cm³/mol. The van der Waals surface area contributed by atoms with Gasteiger partial charge < -0.3 is 10.6 Å². The van der Waals surface area contributed by atoms with Gasteiger partial charge in [-0.05, 0) is 92.5 Å². The van der Waals surface area contributed by atoms with E-state index >= 15 is 0 Å². The molecule has 0 saturated heterocycles. The third-order valence-electron chi connectivity index (χ3n) is 9.21. The fourth-order valence-electron chi connectivity index (χ4n) is 6.50. The van der Waals surface area contributed by atoms with Crippen molar-refractivity contribution in [2.45, 2.75) is 122 Å². The number of hydrogen-bond acceptors (Lipinski definition) is 2. The molecule has 0 heterocycles. The second-order valence-electron chi connectivity index (χ2n) is 13.4. The van der Waals surface area contributed by atoms with Crippen LogP contribution in [0.15, 0.2) is 109 Å². The maximum absolute atomic E-state index is 3.77. The number of benzene rings is 4. The van der Waals surface area contributed by atoms with Crippen LogP contribution in [0.4, 0.5) is 11.4 Å². The molecule has 0 bridgehead atoms. The van der Waals surface area contributed by atoms with Gasteiger partial charge in [-0.1, -0.05) is 150 Å². The zero-order valence-electron chi connectivity index (χ0n) is 28.4. The zero-order valence-corrected chi connectivity index (χ0v) is 28.4. The van der Waals surface area contributed by atoms with Gasteiger partial charge in [-0.25, -0.2) is 0 Å². The molecule has 45 heavy (non-hydrogen) atoms. The van der Waals surface area contributed by atoms with Crippen LogP contribution in [0.5, 0.6) is 0 Å². The smallest absolute Gasteiger partial charge is 0.0569 e. The van der Waals surface area contributed by atoms with E-state index in [0.717, 1.165) is 5.69 Å². The van der Waals surface area contributed by atoms with Crippen LogP contribution >= 0.6 is 0 Å². The maximum Gasteiger partial charge on any atom is 0.0569 e. The number of aryl methyl sites for hydroxylation is 2.